The van der Waals surface area contributed by atoms with Crippen LogP contribution in [-0.4, -0.2) is 50.4 Å². The van der Waals surface area contributed by atoms with Crippen LogP contribution in [0.4, 0.5) is 0 Å². The predicted molar refractivity (Wildman–Crippen MR) is 133 cm³/mol. The minimum absolute atomic E-state index is 0.0216. The summed E-state index contributed by atoms with van der Waals surface area (Å²) >= 11 is 1.19. The molecule has 0 bridgehead atoms. The molecule has 1 aliphatic heterocycles. The van der Waals surface area contributed by atoms with Crippen molar-refractivity contribution >= 4 is 33.4 Å². The van der Waals surface area contributed by atoms with Crippen molar-refractivity contribution < 1.29 is 22.7 Å². The van der Waals surface area contributed by atoms with E-state index in [1.165, 1.54) is 11.8 Å². The van der Waals surface area contributed by atoms with Crippen molar-refractivity contribution in [2.75, 3.05) is 19.4 Å². The number of nitrogens with one attached hydrogen (secondary N) is 3. The molecule has 0 aromatic heterocycles. The van der Waals surface area contributed by atoms with E-state index in [4.69, 9.17) is 4.74 Å². The van der Waals surface area contributed by atoms with Crippen LogP contribution in [-0.2, 0) is 32.4 Å². The lowest BCUT2D eigenvalue weighted by Gasteiger charge is -2.29. The molecule has 2 amide bonds. The van der Waals surface area contributed by atoms with Gasteiger partial charge in [0.25, 0.3) is 0 Å². The van der Waals surface area contributed by atoms with Crippen LogP contribution in [0.15, 0.2) is 53.4 Å². The van der Waals surface area contributed by atoms with Crippen molar-refractivity contribution in [2.24, 2.45) is 0 Å². The van der Waals surface area contributed by atoms with Gasteiger partial charge < -0.3 is 15.4 Å². The molecular formula is C24H31N3O5S2. The number of carbonyl (C=O) groups excluding carboxylic acids is 2. The Kier molecular flexibility index (Phi) is 9.37. The third-order valence-electron chi connectivity index (χ3n) is 5.55. The third kappa shape index (κ3) is 6.74. The van der Waals surface area contributed by atoms with Gasteiger partial charge in [-0.15, -0.1) is 11.8 Å². The van der Waals surface area contributed by atoms with Crippen LogP contribution in [0, 0.1) is 0 Å². The molecule has 10 heteroatoms. The lowest BCUT2D eigenvalue weighted by Crippen LogP contribution is -2.59. The van der Waals surface area contributed by atoms with Gasteiger partial charge in [-0.1, -0.05) is 43.7 Å². The van der Waals surface area contributed by atoms with Crippen molar-refractivity contribution in [3.63, 3.8) is 0 Å². The molecule has 1 fully saturated rings. The fourth-order valence-corrected chi connectivity index (χ4v) is 5.92. The summed E-state index contributed by atoms with van der Waals surface area (Å²) in [5.41, 5.74) is 1.39. The smallest absolute Gasteiger partial charge is 0.241 e. The van der Waals surface area contributed by atoms with Crippen LogP contribution >= 0.6 is 11.8 Å². The Morgan fingerprint density at radius 1 is 1.18 bits per heavy atom. The van der Waals surface area contributed by atoms with Crippen molar-refractivity contribution in [1.82, 2.24) is 16.0 Å². The molecule has 2 aromatic carbocycles. The van der Waals surface area contributed by atoms with Gasteiger partial charge in [0.05, 0.1) is 17.8 Å². The fourth-order valence-electron chi connectivity index (χ4n) is 3.58. The van der Waals surface area contributed by atoms with E-state index in [1.807, 2.05) is 24.3 Å². The molecule has 1 aliphatic rings. The van der Waals surface area contributed by atoms with Gasteiger partial charge >= 0.3 is 0 Å². The van der Waals surface area contributed by atoms with E-state index in [1.54, 1.807) is 31.4 Å². The number of unbranched alkanes of at least 4 members (excludes halogenated alkanes) is 1. The summed E-state index contributed by atoms with van der Waals surface area (Å²) in [4.78, 5) is 25.0. The molecule has 0 radical (unpaired) electrons. The van der Waals surface area contributed by atoms with Gasteiger partial charge in [0.2, 0.25) is 11.8 Å². The number of hydrogen-bond acceptors (Lipinski definition) is 7. The number of thioether (sulfide) groups is 1. The number of amides is 2. The topological polar surface area (TPSA) is 114 Å². The summed E-state index contributed by atoms with van der Waals surface area (Å²) in [5.74, 6) is 0.0223. The van der Waals surface area contributed by atoms with Crippen molar-refractivity contribution in [3.8, 4) is 5.75 Å². The third-order valence-corrected chi connectivity index (χ3v) is 8.66. The summed E-state index contributed by atoms with van der Waals surface area (Å²) in [6, 6.07) is 14.2. The molecule has 184 valence electrons. The molecule has 1 heterocycles. The van der Waals surface area contributed by atoms with Crippen LogP contribution in [0.5, 0.6) is 5.75 Å². The van der Waals surface area contributed by atoms with E-state index in [0.717, 1.165) is 30.4 Å². The molecular weight excluding hydrogens is 474 g/mol. The van der Waals surface area contributed by atoms with E-state index >= 15 is 0 Å². The monoisotopic (exact) mass is 505 g/mol. The maximum absolute atomic E-state index is 13.0. The zero-order chi connectivity index (χ0) is 24.6. The Morgan fingerprint density at radius 3 is 2.59 bits per heavy atom. The summed E-state index contributed by atoms with van der Waals surface area (Å²) < 4.78 is 31.2. The van der Waals surface area contributed by atoms with Gasteiger partial charge in [0.15, 0.2) is 15.1 Å². The highest BCUT2D eigenvalue weighted by atomic mass is 32.2. The van der Waals surface area contributed by atoms with E-state index in [0.29, 0.717) is 12.3 Å². The normalized spacial score (nSPS) is 18.2. The average molecular weight is 506 g/mol. The zero-order valence-corrected chi connectivity index (χ0v) is 21.0. The number of methoxy groups -OCH3 is 1. The summed E-state index contributed by atoms with van der Waals surface area (Å²) in [7, 11) is -2.25. The van der Waals surface area contributed by atoms with E-state index in [-0.39, 0.29) is 23.1 Å². The molecule has 8 nitrogen and oxygen atoms in total. The quantitative estimate of drug-likeness (QED) is 0.429. The molecule has 34 heavy (non-hydrogen) atoms. The van der Waals surface area contributed by atoms with Gasteiger partial charge in [0, 0.05) is 18.7 Å². The van der Waals surface area contributed by atoms with Crippen molar-refractivity contribution in [1.29, 1.82) is 0 Å². The molecule has 3 rings (SSSR count). The second-order valence-electron chi connectivity index (χ2n) is 7.98. The summed E-state index contributed by atoms with van der Waals surface area (Å²) in [6.45, 7) is 2.41. The fraction of sp³-hybridized carbons (Fsp3) is 0.417. The highest BCUT2D eigenvalue weighted by Crippen LogP contribution is 2.21. The number of benzene rings is 2. The Hall–Kier alpha value is -2.56. The highest BCUT2D eigenvalue weighted by molar-refractivity contribution is 8.00. The Balaban J connectivity index is 1.49. The minimum Gasteiger partial charge on any atom is -0.496 e. The second-order valence-corrected chi connectivity index (χ2v) is 11.2. The van der Waals surface area contributed by atoms with Gasteiger partial charge in [-0.2, -0.15) is 0 Å². The largest absolute Gasteiger partial charge is 0.496 e. The van der Waals surface area contributed by atoms with Crippen LogP contribution in [0.2, 0.25) is 0 Å². The first-order chi connectivity index (χ1) is 16.3. The Bertz CT molecular complexity index is 1090. The number of sulfone groups is 1. The average Bonchev–Trinajstić information content (AvgIpc) is 2.85. The number of hydrogen-bond donors (Lipinski definition) is 3. The van der Waals surface area contributed by atoms with Gasteiger partial charge in [-0.05, 0) is 36.6 Å². The van der Waals surface area contributed by atoms with Crippen LogP contribution < -0.4 is 20.7 Å². The number of carbonyl (C=O) groups is 2. The second kappa shape index (κ2) is 12.2. The first kappa shape index (κ1) is 26.1. The maximum atomic E-state index is 13.0. The lowest BCUT2D eigenvalue weighted by atomic mass is 10.1. The van der Waals surface area contributed by atoms with E-state index in [9.17, 15) is 18.0 Å². The van der Waals surface area contributed by atoms with Crippen molar-refractivity contribution in [2.45, 2.75) is 48.4 Å². The number of aryl methyl sites for hydroxylation is 1. The molecule has 0 saturated carbocycles. The molecule has 1 saturated heterocycles. The molecule has 0 aliphatic carbocycles. The number of ether oxygens (including phenoxy) is 1. The van der Waals surface area contributed by atoms with Gasteiger partial charge in [-0.3, -0.25) is 14.9 Å². The van der Waals surface area contributed by atoms with Gasteiger partial charge in [-0.25, -0.2) is 8.42 Å². The summed E-state index contributed by atoms with van der Waals surface area (Å²) in [5, 5.41) is 7.28. The van der Waals surface area contributed by atoms with Crippen LogP contribution in [0.1, 0.15) is 30.9 Å². The zero-order valence-electron chi connectivity index (χ0n) is 19.4. The van der Waals surface area contributed by atoms with Gasteiger partial charge in [0.1, 0.15) is 11.2 Å². The van der Waals surface area contributed by atoms with E-state index in [2.05, 4.69) is 22.9 Å². The predicted octanol–water partition coefficient (Wildman–Crippen LogP) is 2.23. The molecule has 0 spiro atoms. The SMILES string of the molecule is CCCCc1ccc(S(=O)(=O)C2CNC(SCC(=O)NCc3ccccc3OC)NC2=O)cc1. The Morgan fingerprint density at radius 2 is 1.91 bits per heavy atom. The maximum Gasteiger partial charge on any atom is 0.241 e. The molecule has 2 unspecified atom stereocenters. The standard InChI is InChI=1S/C24H31N3O5S2/c1-3-4-7-17-10-12-19(13-11-17)34(30,31)21-15-26-24(27-23(21)29)33-16-22(28)25-14-18-8-5-6-9-20(18)32-2/h5-6,8-13,21,24,26H,3-4,7,14-16H2,1-2H3,(H,25,28)(H,27,29). The Labute approximate surface area is 205 Å². The highest BCUT2D eigenvalue weighted by Gasteiger charge is 2.38. The first-order valence-electron chi connectivity index (χ1n) is 11.2. The van der Waals surface area contributed by atoms with Crippen LogP contribution in [0.25, 0.3) is 0 Å². The summed E-state index contributed by atoms with van der Waals surface area (Å²) in [6.07, 6.45) is 3.00. The first-order valence-corrected chi connectivity index (χ1v) is 13.8. The molecule has 3 N–H and O–H groups in total. The minimum atomic E-state index is -3.82. The lowest BCUT2D eigenvalue weighted by molar-refractivity contribution is -0.122. The molecule has 2 aromatic rings. The van der Waals surface area contributed by atoms with Crippen molar-refractivity contribution in [3.05, 3.63) is 59.7 Å². The molecule has 2 atom stereocenters. The number of para-hydroxylation sites is 1. The van der Waals surface area contributed by atoms with Crippen LogP contribution in [0.3, 0.4) is 0 Å². The number of rotatable bonds is 11. The van der Waals surface area contributed by atoms with E-state index < -0.39 is 26.5 Å².